The summed E-state index contributed by atoms with van der Waals surface area (Å²) >= 11 is 0. The van der Waals surface area contributed by atoms with Gasteiger partial charge in [-0.25, -0.2) is 0 Å². The first kappa shape index (κ1) is 8.30. The molecule has 2 nitrogen and oxygen atoms in total. The van der Waals surface area contributed by atoms with Gasteiger partial charge in [0.05, 0.1) is 17.6 Å². The highest BCUT2D eigenvalue weighted by atomic mass is 14.3. The van der Waals surface area contributed by atoms with Crippen LogP contribution in [0.3, 0.4) is 0 Å². The van der Waals surface area contributed by atoms with Gasteiger partial charge in [-0.3, -0.25) is 0 Å². The van der Waals surface area contributed by atoms with Crippen LogP contribution in [-0.4, -0.2) is 0 Å². The third-order valence-electron chi connectivity index (χ3n) is 1.92. The van der Waals surface area contributed by atoms with Gasteiger partial charge in [0.2, 0.25) is 0 Å². The van der Waals surface area contributed by atoms with E-state index in [1.165, 1.54) is 0 Å². The molecular formula is C10H8N2. The molecule has 2 heteroatoms. The Kier molecular flexibility index (Phi) is 2.12. The fourth-order valence-corrected chi connectivity index (χ4v) is 1.02. The van der Waals surface area contributed by atoms with Gasteiger partial charge in [-0.15, -0.1) is 6.58 Å². The Balaban J connectivity index is 2.92. The first-order valence-corrected chi connectivity index (χ1v) is 3.61. The number of allylic oxidation sites excluding steroid dienone is 5. The number of nitriles is 2. The van der Waals surface area contributed by atoms with E-state index >= 15 is 0 Å². The highest BCUT2D eigenvalue weighted by Gasteiger charge is 2.23. The van der Waals surface area contributed by atoms with E-state index in [4.69, 9.17) is 10.5 Å². The molecule has 0 aromatic heterocycles. The van der Waals surface area contributed by atoms with Crippen LogP contribution in [0.15, 0.2) is 36.5 Å². The predicted octanol–water partition coefficient (Wildman–Crippen LogP) is 2.09. The molecule has 1 aliphatic carbocycles. The van der Waals surface area contributed by atoms with Gasteiger partial charge in [-0.1, -0.05) is 18.2 Å². The van der Waals surface area contributed by atoms with Gasteiger partial charge in [0.25, 0.3) is 0 Å². The van der Waals surface area contributed by atoms with Gasteiger partial charge < -0.3 is 0 Å². The summed E-state index contributed by atoms with van der Waals surface area (Å²) in [5, 5.41) is 17.3. The van der Waals surface area contributed by atoms with E-state index in [0.29, 0.717) is 12.0 Å². The topological polar surface area (TPSA) is 47.6 Å². The fraction of sp³-hybridized carbons (Fsp3) is 0.200. The zero-order chi connectivity index (χ0) is 9.03. The van der Waals surface area contributed by atoms with Crippen LogP contribution in [0.5, 0.6) is 0 Å². The monoisotopic (exact) mass is 156 g/mol. The molecule has 1 unspecified atom stereocenters. The van der Waals surface area contributed by atoms with Crippen LogP contribution >= 0.6 is 0 Å². The Morgan fingerprint density at radius 2 is 2.33 bits per heavy atom. The summed E-state index contributed by atoms with van der Waals surface area (Å²) < 4.78 is 0. The molecule has 58 valence electrons. The van der Waals surface area contributed by atoms with Crippen LogP contribution in [0.25, 0.3) is 0 Å². The minimum Gasteiger partial charge on any atom is -0.197 e. The molecule has 0 amide bonds. The fourth-order valence-electron chi connectivity index (χ4n) is 1.02. The smallest absolute Gasteiger partial charge is 0.0988 e. The van der Waals surface area contributed by atoms with E-state index in [9.17, 15) is 0 Å². The lowest BCUT2D eigenvalue weighted by atomic mass is 9.82. The van der Waals surface area contributed by atoms with Crippen molar-refractivity contribution < 1.29 is 0 Å². The van der Waals surface area contributed by atoms with E-state index in [0.717, 1.165) is 0 Å². The summed E-state index contributed by atoms with van der Waals surface area (Å²) in [6, 6.07) is 4.17. The summed E-state index contributed by atoms with van der Waals surface area (Å²) in [5.74, 6) is 0. The summed E-state index contributed by atoms with van der Waals surface area (Å²) in [4.78, 5) is 0. The van der Waals surface area contributed by atoms with E-state index in [2.05, 4.69) is 12.6 Å². The molecule has 0 spiro atoms. The highest BCUT2D eigenvalue weighted by molar-refractivity contribution is 5.41. The standard InChI is InChI=1S/C10H8N2/c1-2-10(8-12)5-3-9(7-11)4-6-10/h2-5H,1,6H2. The lowest BCUT2D eigenvalue weighted by Crippen LogP contribution is -2.12. The molecule has 0 bridgehead atoms. The molecule has 0 aliphatic heterocycles. The molecule has 0 fully saturated rings. The zero-order valence-electron chi connectivity index (χ0n) is 6.62. The first-order valence-electron chi connectivity index (χ1n) is 3.61. The summed E-state index contributed by atoms with van der Waals surface area (Å²) in [5.41, 5.74) is 0.0168. The van der Waals surface area contributed by atoms with E-state index < -0.39 is 5.41 Å². The summed E-state index contributed by atoms with van der Waals surface area (Å²) in [6.45, 7) is 3.59. The maximum Gasteiger partial charge on any atom is 0.0988 e. The van der Waals surface area contributed by atoms with Crippen molar-refractivity contribution in [2.24, 2.45) is 5.41 Å². The van der Waals surface area contributed by atoms with Crippen molar-refractivity contribution in [1.29, 1.82) is 10.5 Å². The van der Waals surface area contributed by atoms with Crippen molar-refractivity contribution in [1.82, 2.24) is 0 Å². The molecule has 1 atom stereocenters. The summed E-state index contributed by atoms with van der Waals surface area (Å²) in [6.07, 6.45) is 7.29. The second kappa shape index (κ2) is 3.07. The number of rotatable bonds is 1. The largest absolute Gasteiger partial charge is 0.197 e. The van der Waals surface area contributed by atoms with Crippen molar-refractivity contribution in [3.05, 3.63) is 36.5 Å². The molecule has 0 saturated carbocycles. The average Bonchev–Trinajstić information content (AvgIpc) is 2.18. The van der Waals surface area contributed by atoms with Crippen LogP contribution in [0.4, 0.5) is 0 Å². The van der Waals surface area contributed by atoms with Crippen molar-refractivity contribution in [2.75, 3.05) is 0 Å². The molecule has 0 saturated heterocycles. The van der Waals surface area contributed by atoms with Crippen molar-refractivity contribution in [3.63, 3.8) is 0 Å². The Bertz CT molecular complexity index is 336. The van der Waals surface area contributed by atoms with Crippen molar-refractivity contribution in [3.8, 4) is 12.1 Å². The van der Waals surface area contributed by atoms with Crippen LogP contribution in [0, 0.1) is 28.1 Å². The molecular weight excluding hydrogens is 148 g/mol. The van der Waals surface area contributed by atoms with Crippen LogP contribution in [0.2, 0.25) is 0 Å². The Hall–Kier alpha value is -1.80. The maximum absolute atomic E-state index is 8.82. The molecule has 1 rings (SSSR count). The molecule has 0 N–H and O–H groups in total. The highest BCUT2D eigenvalue weighted by Crippen LogP contribution is 2.29. The quantitative estimate of drug-likeness (QED) is 0.546. The molecule has 12 heavy (non-hydrogen) atoms. The molecule has 1 aliphatic rings. The van der Waals surface area contributed by atoms with Gasteiger partial charge >= 0.3 is 0 Å². The predicted molar refractivity (Wildman–Crippen MR) is 45.7 cm³/mol. The Labute approximate surface area is 71.7 Å². The number of hydrogen-bond donors (Lipinski definition) is 0. The van der Waals surface area contributed by atoms with Gasteiger partial charge in [-0.05, 0) is 12.5 Å². The molecule has 0 radical (unpaired) electrons. The maximum atomic E-state index is 8.82. The van der Waals surface area contributed by atoms with Gasteiger partial charge in [0.15, 0.2) is 0 Å². The third-order valence-corrected chi connectivity index (χ3v) is 1.92. The minimum absolute atomic E-state index is 0.548. The average molecular weight is 156 g/mol. The first-order chi connectivity index (χ1) is 5.76. The Morgan fingerprint density at radius 1 is 1.58 bits per heavy atom. The van der Waals surface area contributed by atoms with Gasteiger partial charge in [0, 0.05) is 5.57 Å². The second-order valence-corrected chi connectivity index (χ2v) is 2.67. The third kappa shape index (κ3) is 1.28. The molecule has 0 aromatic rings. The Morgan fingerprint density at radius 3 is 2.67 bits per heavy atom. The molecule has 0 heterocycles. The molecule has 0 aromatic carbocycles. The minimum atomic E-state index is -0.597. The number of hydrogen-bond acceptors (Lipinski definition) is 2. The van der Waals surface area contributed by atoms with E-state index in [1.54, 1.807) is 24.3 Å². The van der Waals surface area contributed by atoms with Gasteiger partial charge in [0.1, 0.15) is 0 Å². The van der Waals surface area contributed by atoms with E-state index in [-0.39, 0.29) is 0 Å². The normalized spacial score (nSPS) is 26.7. The summed E-state index contributed by atoms with van der Waals surface area (Å²) in [7, 11) is 0. The van der Waals surface area contributed by atoms with Crippen LogP contribution in [-0.2, 0) is 0 Å². The lowest BCUT2D eigenvalue weighted by molar-refractivity contribution is 0.650. The lowest BCUT2D eigenvalue weighted by Gasteiger charge is -2.18. The van der Waals surface area contributed by atoms with Crippen LogP contribution in [0.1, 0.15) is 6.42 Å². The van der Waals surface area contributed by atoms with Crippen molar-refractivity contribution >= 4 is 0 Å². The van der Waals surface area contributed by atoms with E-state index in [1.807, 2.05) is 6.07 Å². The zero-order valence-corrected chi connectivity index (χ0v) is 6.62. The SMILES string of the molecule is C=CC1(C#N)C=CC(C#N)=CC1. The second-order valence-electron chi connectivity index (χ2n) is 2.67. The van der Waals surface area contributed by atoms with Gasteiger partial charge in [-0.2, -0.15) is 10.5 Å². The van der Waals surface area contributed by atoms with Crippen molar-refractivity contribution in [2.45, 2.75) is 6.42 Å². The number of nitrogens with zero attached hydrogens (tertiary/aromatic N) is 2. The van der Waals surface area contributed by atoms with Crippen LogP contribution < -0.4 is 0 Å².